The number of benzene rings is 1. The summed E-state index contributed by atoms with van der Waals surface area (Å²) in [6.07, 6.45) is 2.04. The fourth-order valence-electron chi connectivity index (χ4n) is 2.99. The molecule has 1 aliphatic heterocycles. The summed E-state index contributed by atoms with van der Waals surface area (Å²) >= 11 is 0. The molecular weight excluding hydrogens is 392 g/mol. The largest absolute Gasteiger partial charge is 0.478 e. The van der Waals surface area contributed by atoms with E-state index < -0.39 is 11.9 Å². The summed E-state index contributed by atoms with van der Waals surface area (Å²) < 4.78 is 7.73. The Morgan fingerprint density at radius 3 is 2.30 bits per heavy atom. The van der Waals surface area contributed by atoms with Crippen LogP contribution in [0.5, 0.6) is 0 Å². The smallest absolute Gasteiger partial charge is 0.328 e. The number of amides is 1. The third-order valence-electron chi connectivity index (χ3n) is 4.41. The van der Waals surface area contributed by atoms with E-state index in [1.54, 1.807) is 0 Å². The van der Waals surface area contributed by atoms with Crippen LogP contribution in [0.25, 0.3) is 11.0 Å². The van der Waals surface area contributed by atoms with Crippen LogP contribution in [0.1, 0.15) is 6.92 Å². The Kier molecular flexibility index (Phi) is 8.82. The van der Waals surface area contributed by atoms with Gasteiger partial charge in [-0.3, -0.25) is 4.79 Å². The van der Waals surface area contributed by atoms with Gasteiger partial charge in [-0.15, -0.1) is 0 Å². The van der Waals surface area contributed by atoms with Crippen molar-refractivity contribution in [1.82, 2.24) is 14.5 Å². The number of carbonyl (C=O) groups is 3. The normalized spacial score (nSPS) is 13.9. The molecule has 0 atom stereocenters. The summed E-state index contributed by atoms with van der Waals surface area (Å²) in [5.41, 5.74) is 2.14. The molecule has 0 radical (unpaired) electrons. The van der Waals surface area contributed by atoms with Crippen LogP contribution in [0.4, 0.5) is 5.95 Å². The number of carboxylic acids is 2. The number of carboxylic acid groups (broad SMARTS) is 2. The number of rotatable bonds is 8. The lowest BCUT2D eigenvalue weighted by atomic mass is 10.3. The van der Waals surface area contributed by atoms with Crippen LogP contribution in [0.3, 0.4) is 0 Å². The van der Waals surface area contributed by atoms with Gasteiger partial charge >= 0.3 is 11.9 Å². The summed E-state index contributed by atoms with van der Waals surface area (Å²) in [6.45, 7) is 7.32. The van der Waals surface area contributed by atoms with Crippen molar-refractivity contribution in [3.63, 3.8) is 0 Å². The zero-order valence-corrected chi connectivity index (χ0v) is 16.8. The highest BCUT2D eigenvalue weighted by Gasteiger charge is 2.21. The maximum Gasteiger partial charge on any atom is 0.328 e. The number of fused-ring (bicyclic) bond motifs is 1. The molecule has 2 heterocycles. The average molecular weight is 418 g/mol. The van der Waals surface area contributed by atoms with Gasteiger partial charge in [-0.25, -0.2) is 14.6 Å². The molecule has 1 fully saturated rings. The number of hydrogen-bond acceptors (Lipinski definition) is 6. The molecule has 0 saturated carbocycles. The number of piperazine rings is 1. The van der Waals surface area contributed by atoms with Gasteiger partial charge in [-0.1, -0.05) is 12.1 Å². The fourth-order valence-corrected chi connectivity index (χ4v) is 2.99. The second-order valence-corrected chi connectivity index (χ2v) is 6.39. The quantitative estimate of drug-likeness (QED) is 0.370. The summed E-state index contributed by atoms with van der Waals surface area (Å²) in [4.78, 5) is 38.8. The van der Waals surface area contributed by atoms with Gasteiger partial charge in [-0.2, -0.15) is 0 Å². The van der Waals surface area contributed by atoms with Crippen LogP contribution in [0.15, 0.2) is 36.4 Å². The highest BCUT2D eigenvalue weighted by Crippen LogP contribution is 2.23. The van der Waals surface area contributed by atoms with Crippen molar-refractivity contribution in [2.24, 2.45) is 0 Å². The van der Waals surface area contributed by atoms with Crippen LogP contribution in [0, 0.1) is 0 Å². The first-order chi connectivity index (χ1) is 14.5. The second-order valence-electron chi connectivity index (χ2n) is 6.39. The molecule has 1 amide bonds. The Morgan fingerprint density at radius 1 is 1.10 bits per heavy atom. The number of hydrogen-bond donors (Lipinski definition) is 2. The Bertz CT molecular complexity index is 871. The van der Waals surface area contributed by atoms with Gasteiger partial charge in [0.2, 0.25) is 12.4 Å². The monoisotopic (exact) mass is 418 g/mol. The number of carbonyl (C=O) groups excluding carboxylic acids is 1. The minimum atomic E-state index is -1.26. The lowest BCUT2D eigenvalue weighted by Gasteiger charge is -2.33. The topological polar surface area (TPSA) is 125 Å². The highest BCUT2D eigenvalue weighted by molar-refractivity contribution is 5.89. The van der Waals surface area contributed by atoms with Gasteiger partial charge in [0.05, 0.1) is 17.6 Å². The van der Waals surface area contributed by atoms with Crippen LogP contribution in [-0.2, 0) is 25.7 Å². The minimum Gasteiger partial charge on any atom is -0.478 e. The van der Waals surface area contributed by atoms with E-state index >= 15 is 0 Å². The van der Waals surface area contributed by atoms with Crippen molar-refractivity contribution >= 4 is 35.3 Å². The number of nitrogens with zero attached hydrogens (tertiary/aromatic N) is 4. The van der Waals surface area contributed by atoms with Crippen LogP contribution >= 0.6 is 0 Å². The van der Waals surface area contributed by atoms with E-state index in [9.17, 15) is 14.4 Å². The molecule has 162 valence electrons. The average Bonchev–Trinajstić information content (AvgIpc) is 3.12. The van der Waals surface area contributed by atoms with Gasteiger partial charge in [0.25, 0.3) is 0 Å². The molecule has 0 unspecified atom stereocenters. The molecule has 10 heteroatoms. The van der Waals surface area contributed by atoms with E-state index in [0.29, 0.717) is 18.8 Å². The van der Waals surface area contributed by atoms with Crippen molar-refractivity contribution in [2.45, 2.75) is 13.5 Å². The van der Waals surface area contributed by atoms with E-state index in [4.69, 9.17) is 19.9 Å². The summed E-state index contributed by atoms with van der Waals surface area (Å²) in [7, 11) is 0. The zero-order valence-electron chi connectivity index (χ0n) is 16.8. The summed E-state index contributed by atoms with van der Waals surface area (Å²) in [5, 5.41) is 15.6. The molecule has 1 aromatic heterocycles. The van der Waals surface area contributed by atoms with Gasteiger partial charge in [0.15, 0.2) is 0 Å². The molecule has 0 spiro atoms. The van der Waals surface area contributed by atoms with Crippen molar-refractivity contribution < 1.29 is 29.3 Å². The predicted molar refractivity (Wildman–Crippen MR) is 110 cm³/mol. The van der Waals surface area contributed by atoms with Crippen LogP contribution < -0.4 is 4.90 Å². The first-order valence-corrected chi connectivity index (χ1v) is 9.57. The number of imidazole rings is 1. The molecule has 30 heavy (non-hydrogen) atoms. The second kappa shape index (κ2) is 11.6. The number of anilines is 1. The fraction of sp³-hybridized carbons (Fsp3) is 0.400. The van der Waals surface area contributed by atoms with E-state index in [0.717, 1.165) is 62.7 Å². The Hall–Kier alpha value is -3.40. The molecule has 3 rings (SSSR count). The molecule has 1 aromatic carbocycles. The summed E-state index contributed by atoms with van der Waals surface area (Å²) in [6, 6.07) is 8.18. The zero-order chi connectivity index (χ0) is 21.9. The predicted octanol–water partition coefficient (Wildman–Crippen LogP) is 1.06. The Morgan fingerprint density at radius 2 is 1.73 bits per heavy atom. The maximum atomic E-state index is 10.9. The number of para-hydroxylation sites is 2. The van der Waals surface area contributed by atoms with Crippen molar-refractivity contribution in [3.05, 3.63) is 36.4 Å². The third kappa shape index (κ3) is 6.59. The third-order valence-corrected chi connectivity index (χ3v) is 4.41. The molecule has 10 nitrogen and oxygen atoms in total. The van der Waals surface area contributed by atoms with Crippen molar-refractivity contribution in [2.75, 3.05) is 44.3 Å². The van der Waals surface area contributed by atoms with Gasteiger partial charge in [-0.05, 0) is 19.1 Å². The van der Waals surface area contributed by atoms with Gasteiger partial charge in [0, 0.05) is 51.5 Å². The first-order valence-electron chi connectivity index (χ1n) is 9.57. The van der Waals surface area contributed by atoms with Gasteiger partial charge in [0.1, 0.15) is 0 Å². The Balaban J connectivity index is 0.000000343. The van der Waals surface area contributed by atoms with Crippen molar-refractivity contribution in [3.8, 4) is 0 Å². The molecular formula is C20H26N4O6. The molecule has 2 aromatic rings. The lowest BCUT2D eigenvalue weighted by molar-refractivity contribution is -0.134. The van der Waals surface area contributed by atoms with Crippen molar-refractivity contribution in [1.29, 1.82) is 0 Å². The number of aliphatic carboxylic acids is 2. The molecule has 2 N–H and O–H groups in total. The first kappa shape index (κ1) is 22.9. The van der Waals surface area contributed by atoms with Crippen LogP contribution in [-0.4, -0.2) is 82.4 Å². The van der Waals surface area contributed by atoms with E-state index in [1.807, 2.05) is 30.0 Å². The molecule has 1 saturated heterocycles. The SMILES string of the molecule is CCOCCn1c(N2CCN(C=O)CC2)nc2ccccc21.O=C(O)/C=C\C(=O)O. The van der Waals surface area contributed by atoms with Gasteiger partial charge < -0.3 is 29.3 Å². The molecule has 1 aliphatic rings. The number of aromatic nitrogens is 2. The minimum absolute atomic E-state index is 0.558. The maximum absolute atomic E-state index is 10.9. The number of ether oxygens (including phenoxy) is 1. The van der Waals surface area contributed by atoms with Crippen LogP contribution in [0.2, 0.25) is 0 Å². The standard InChI is InChI=1S/C16H22N4O2.C4H4O4/c1-2-22-12-11-20-15-6-4-3-5-14(15)17-16(20)19-9-7-18(13-21)8-10-19;5-3(6)1-2-4(7)8/h3-6,13H,2,7-12H2,1H3;1-2H,(H,5,6)(H,7,8)/b;2-1-. The highest BCUT2D eigenvalue weighted by atomic mass is 16.5. The lowest BCUT2D eigenvalue weighted by Crippen LogP contribution is -2.46. The van der Waals surface area contributed by atoms with E-state index in [-0.39, 0.29) is 0 Å². The van der Waals surface area contributed by atoms with E-state index in [1.165, 1.54) is 0 Å². The van der Waals surface area contributed by atoms with E-state index in [2.05, 4.69) is 15.5 Å². The Labute approximate surface area is 174 Å². The molecule has 0 aliphatic carbocycles. The molecule has 0 bridgehead atoms. The summed E-state index contributed by atoms with van der Waals surface area (Å²) in [5.74, 6) is -1.54.